The Morgan fingerprint density at radius 1 is 1.25 bits per heavy atom. The van der Waals surface area contributed by atoms with Gasteiger partial charge in [0.2, 0.25) is 0 Å². The van der Waals surface area contributed by atoms with Crippen LogP contribution in [0.3, 0.4) is 0 Å². The Bertz CT molecular complexity index is 846. The Hall–Kier alpha value is -1.91. The zero-order valence-electron chi connectivity index (χ0n) is 10.7. The van der Waals surface area contributed by atoms with E-state index in [1.165, 1.54) is 21.3 Å². The Morgan fingerprint density at radius 3 is 2.75 bits per heavy atom. The monoisotopic (exact) mass is 302 g/mol. The van der Waals surface area contributed by atoms with Gasteiger partial charge < -0.3 is 0 Å². The van der Waals surface area contributed by atoms with E-state index in [0.717, 1.165) is 5.56 Å². The fraction of sp³-hybridized carbons (Fsp3) is 0.0667. The van der Waals surface area contributed by atoms with Crippen LogP contribution in [0.2, 0.25) is 5.02 Å². The molecule has 2 aromatic heterocycles. The number of aromatic nitrogens is 2. The Labute approximate surface area is 124 Å². The molecule has 0 aliphatic heterocycles. The molecule has 1 aromatic carbocycles. The van der Waals surface area contributed by atoms with Gasteiger partial charge in [-0.15, -0.1) is 11.3 Å². The molecule has 20 heavy (non-hydrogen) atoms. The van der Waals surface area contributed by atoms with Crippen molar-refractivity contribution in [2.75, 3.05) is 0 Å². The molecule has 100 valence electrons. The van der Waals surface area contributed by atoms with Crippen molar-refractivity contribution in [2.24, 2.45) is 0 Å². The van der Waals surface area contributed by atoms with Crippen molar-refractivity contribution < 1.29 is 0 Å². The molecular weight excluding hydrogens is 292 g/mol. The summed E-state index contributed by atoms with van der Waals surface area (Å²) < 4.78 is 1.45. The Kier molecular flexibility index (Phi) is 3.42. The van der Waals surface area contributed by atoms with E-state index in [9.17, 15) is 4.79 Å². The van der Waals surface area contributed by atoms with E-state index >= 15 is 0 Å². The molecule has 3 aromatic rings. The Morgan fingerprint density at radius 2 is 2.00 bits per heavy atom. The number of hydrogen-bond donors (Lipinski definition) is 0. The van der Waals surface area contributed by atoms with E-state index in [1.54, 1.807) is 12.3 Å². The van der Waals surface area contributed by atoms with E-state index in [2.05, 4.69) is 4.98 Å². The van der Waals surface area contributed by atoms with Gasteiger partial charge in [0.15, 0.2) is 4.96 Å². The number of nitrogens with zero attached hydrogens (tertiary/aromatic N) is 2. The van der Waals surface area contributed by atoms with Crippen LogP contribution >= 0.6 is 22.9 Å². The van der Waals surface area contributed by atoms with Crippen molar-refractivity contribution >= 4 is 40.1 Å². The molecule has 0 radical (unpaired) electrons. The minimum atomic E-state index is -0.235. The normalized spacial score (nSPS) is 11.5. The molecule has 0 saturated heterocycles. The van der Waals surface area contributed by atoms with Crippen LogP contribution in [-0.4, -0.2) is 9.38 Å². The van der Waals surface area contributed by atoms with E-state index in [1.807, 2.05) is 42.6 Å². The SMILES string of the molecule is Cc1ccc(C=Cc2nc3sccn3c(=O)c2Cl)cc1. The first-order valence-electron chi connectivity index (χ1n) is 6.05. The van der Waals surface area contributed by atoms with Crippen LogP contribution in [0, 0.1) is 6.92 Å². The lowest BCUT2D eigenvalue weighted by Crippen LogP contribution is -2.14. The second-order valence-electron chi connectivity index (χ2n) is 4.42. The molecule has 5 heteroatoms. The molecule has 0 unspecified atom stereocenters. The van der Waals surface area contributed by atoms with Crippen LogP contribution in [0.1, 0.15) is 16.8 Å². The van der Waals surface area contributed by atoms with Gasteiger partial charge in [-0.3, -0.25) is 9.20 Å². The molecule has 3 rings (SSSR count). The summed E-state index contributed by atoms with van der Waals surface area (Å²) in [7, 11) is 0. The maximum Gasteiger partial charge on any atom is 0.277 e. The second kappa shape index (κ2) is 5.23. The van der Waals surface area contributed by atoms with E-state index in [0.29, 0.717) is 10.7 Å². The summed E-state index contributed by atoms with van der Waals surface area (Å²) in [5.41, 5.74) is 2.51. The summed E-state index contributed by atoms with van der Waals surface area (Å²) in [5, 5.41) is 1.96. The fourth-order valence-electron chi connectivity index (χ4n) is 1.84. The Balaban J connectivity index is 2.04. The maximum absolute atomic E-state index is 12.0. The average Bonchev–Trinajstić information content (AvgIpc) is 2.91. The first-order valence-corrected chi connectivity index (χ1v) is 7.31. The lowest BCUT2D eigenvalue weighted by molar-refractivity contribution is 1.07. The minimum absolute atomic E-state index is 0.143. The fourth-order valence-corrected chi connectivity index (χ4v) is 2.75. The summed E-state index contributed by atoms with van der Waals surface area (Å²) in [5.74, 6) is 0. The summed E-state index contributed by atoms with van der Waals surface area (Å²) in [6.07, 6.45) is 5.35. The van der Waals surface area contributed by atoms with Crippen molar-refractivity contribution in [3.05, 3.63) is 68.0 Å². The van der Waals surface area contributed by atoms with Crippen LogP contribution in [0.5, 0.6) is 0 Å². The highest BCUT2D eigenvalue weighted by Crippen LogP contribution is 2.16. The van der Waals surface area contributed by atoms with Crippen LogP contribution in [-0.2, 0) is 0 Å². The number of rotatable bonds is 2. The minimum Gasteiger partial charge on any atom is -0.267 e. The lowest BCUT2D eigenvalue weighted by atomic mass is 10.1. The smallest absolute Gasteiger partial charge is 0.267 e. The molecule has 0 amide bonds. The van der Waals surface area contributed by atoms with Crippen molar-refractivity contribution in [1.82, 2.24) is 9.38 Å². The van der Waals surface area contributed by atoms with Gasteiger partial charge in [0, 0.05) is 11.6 Å². The third kappa shape index (κ3) is 2.40. The van der Waals surface area contributed by atoms with E-state index < -0.39 is 0 Å². The van der Waals surface area contributed by atoms with E-state index in [-0.39, 0.29) is 10.6 Å². The molecular formula is C15H11ClN2OS. The van der Waals surface area contributed by atoms with Gasteiger partial charge in [0.05, 0.1) is 5.69 Å². The van der Waals surface area contributed by atoms with Crippen LogP contribution in [0.15, 0.2) is 40.6 Å². The third-order valence-electron chi connectivity index (χ3n) is 2.95. The summed E-state index contributed by atoms with van der Waals surface area (Å²) in [4.78, 5) is 17.1. The molecule has 0 spiro atoms. The number of aryl methyl sites for hydroxylation is 1. The molecule has 0 bridgehead atoms. The number of fused-ring (bicyclic) bond motifs is 1. The van der Waals surface area contributed by atoms with Crippen molar-refractivity contribution in [3.63, 3.8) is 0 Å². The first kappa shape index (κ1) is 13.1. The van der Waals surface area contributed by atoms with Crippen LogP contribution in [0.4, 0.5) is 0 Å². The quantitative estimate of drug-likeness (QED) is 0.720. The molecule has 0 saturated carbocycles. The summed E-state index contributed by atoms with van der Waals surface area (Å²) in [6.45, 7) is 2.04. The predicted octanol–water partition coefficient (Wildman–Crippen LogP) is 3.89. The van der Waals surface area contributed by atoms with Gasteiger partial charge in [-0.1, -0.05) is 47.5 Å². The highest BCUT2D eigenvalue weighted by atomic mass is 35.5. The third-order valence-corrected chi connectivity index (χ3v) is 4.06. The average molecular weight is 303 g/mol. The van der Waals surface area contributed by atoms with Crippen LogP contribution in [0.25, 0.3) is 17.1 Å². The first-order chi connectivity index (χ1) is 9.65. The zero-order valence-corrected chi connectivity index (χ0v) is 12.3. The van der Waals surface area contributed by atoms with Gasteiger partial charge in [0.25, 0.3) is 5.56 Å². The predicted molar refractivity (Wildman–Crippen MR) is 84.5 cm³/mol. The molecule has 0 aliphatic rings. The molecule has 0 atom stereocenters. The summed E-state index contributed by atoms with van der Waals surface area (Å²) in [6, 6.07) is 8.09. The number of halogens is 1. The van der Waals surface area contributed by atoms with Gasteiger partial charge >= 0.3 is 0 Å². The van der Waals surface area contributed by atoms with Gasteiger partial charge in [0.1, 0.15) is 5.02 Å². The molecule has 0 N–H and O–H groups in total. The molecule has 3 nitrogen and oxygen atoms in total. The topological polar surface area (TPSA) is 34.4 Å². The van der Waals surface area contributed by atoms with Crippen molar-refractivity contribution in [2.45, 2.75) is 6.92 Å². The molecule has 0 fully saturated rings. The van der Waals surface area contributed by atoms with E-state index in [4.69, 9.17) is 11.6 Å². The molecule has 0 aliphatic carbocycles. The highest BCUT2D eigenvalue weighted by molar-refractivity contribution is 7.15. The van der Waals surface area contributed by atoms with Crippen molar-refractivity contribution in [1.29, 1.82) is 0 Å². The van der Waals surface area contributed by atoms with Crippen LogP contribution < -0.4 is 5.56 Å². The maximum atomic E-state index is 12.0. The number of thiazole rings is 1. The highest BCUT2D eigenvalue weighted by Gasteiger charge is 2.08. The summed E-state index contributed by atoms with van der Waals surface area (Å²) >= 11 is 7.49. The number of benzene rings is 1. The van der Waals surface area contributed by atoms with Gasteiger partial charge in [-0.25, -0.2) is 4.98 Å². The van der Waals surface area contributed by atoms with Gasteiger partial charge in [-0.05, 0) is 18.6 Å². The molecule has 2 heterocycles. The van der Waals surface area contributed by atoms with Crippen molar-refractivity contribution in [3.8, 4) is 0 Å². The standard InChI is InChI=1S/C15H11ClN2OS/c1-10-2-4-11(5-3-10)6-7-12-13(16)14(19)18-8-9-20-15(18)17-12/h2-9H,1H3. The van der Waals surface area contributed by atoms with Gasteiger partial charge in [-0.2, -0.15) is 0 Å². The second-order valence-corrected chi connectivity index (χ2v) is 5.67. The lowest BCUT2D eigenvalue weighted by Gasteiger charge is -1.99. The number of hydrogen-bond acceptors (Lipinski definition) is 3. The largest absolute Gasteiger partial charge is 0.277 e. The zero-order chi connectivity index (χ0) is 14.1.